The van der Waals surface area contributed by atoms with Crippen molar-refractivity contribution in [1.29, 1.82) is 0 Å². The van der Waals surface area contributed by atoms with Crippen molar-refractivity contribution in [3.05, 3.63) is 83.2 Å². The van der Waals surface area contributed by atoms with E-state index in [0.717, 1.165) is 12.1 Å². The molecule has 0 saturated heterocycles. The van der Waals surface area contributed by atoms with Crippen molar-refractivity contribution in [2.24, 2.45) is 0 Å². The van der Waals surface area contributed by atoms with Crippen LogP contribution in [-0.4, -0.2) is 47.6 Å². The van der Waals surface area contributed by atoms with Gasteiger partial charge < -0.3 is 14.2 Å². The summed E-state index contributed by atoms with van der Waals surface area (Å²) in [5, 5.41) is 2.68. The molecule has 1 amide bonds. The Hall–Kier alpha value is -4.34. The van der Waals surface area contributed by atoms with Gasteiger partial charge in [0, 0.05) is 30.4 Å². The van der Waals surface area contributed by atoms with Crippen molar-refractivity contribution < 1.29 is 33.0 Å². The number of amides is 1. The molecule has 37 heavy (non-hydrogen) atoms. The fraction of sp³-hybridized carbons (Fsp3) is 0.296. The third-order valence-corrected chi connectivity index (χ3v) is 5.18. The zero-order valence-electron chi connectivity index (χ0n) is 21.2. The molecule has 10 heteroatoms. The highest BCUT2D eigenvalue weighted by Gasteiger charge is 2.29. The van der Waals surface area contributed by atoms with E-state index in [9.17, 15) is 18.8 Å². The zero-order chi connectivity index (χ0) is 27.2. The Morgan fingerprint density at radius 2 is 1.78 bits per heavy atom. The zero-order valence-corrected chi connectivity index (χ0v) is 21.2. The van der Waals surface area contributed by atoms with Gasteiger partial charge in [-0.1, -0.05) is 12.1 Å². The molecule has 194 valence electrons. The van der Waals surface area contributed by atoms with Gasteiger partial charge in [0.05, 0.1) is 25.8 Å². The van der Waals surface area contributed by atoms with Crippen molar-refractivity contribution in [2.75, 3.05) is 19.5 Å². The number of ketones is 1. The monoisotopic (exact) mass is 509 g/mol. The second-order valence-corrected chi connectivity index (χ2v) is 9.07. The van der Waals surface area contributed by atoms with E-state index < -0.39 is 35.2 Å². The molecule has 1 aromatic carbocycles. The number of aromatic nitrogens is 2. The van der Waals surface area contributed by atoms with Gasteiger partial charge in [0.1, 0.15) is 28.6 Å². The molecule has 2 aromatic heterocycles. The number of nitrogens with zero attached hydrogens (tertiary/aromatic N) is 2. The minimum atomic E-state index is -0.967. The Kier molecular flexibility index (Phi) is 8.54. The molecule has 0 saturated carbocycles. The number of pyridine rings is 2. The number of hydrogen-bond donors (Lipinski definition) is 1. The van der Waals surface area contributed by atoms with Crippen molar-refractivity contribution in [1.82, 2.24) is 9.97 Å². The molecule has 0 aliphatic carbocycles. The van der Waals surface area contributed by atoms with E-state index in [0.29, 0.717) is 17.0 Å². The second kappa shape index (κ2) is 11.6. The van der Waals surface area contributed by atoms with E-state index in [4.69, 9.17) is 14.2 Å². The number of halogens is 1. The van der Waals surface area contributed by atoms with E-state index in [2.05, 4.69) is 15.3 Å². The molecule has 3 aromatic rings. The Morgan fingerprint density at radius 1 is 1.03 bits per heavy atom. The summed E-state index contributed by atoms with van der Waals surface area (Å²) in [4.78, 5) is 46.6. The molecule has 0 fully saturated rings. The van der Waals surface area contributed by atoms with E-state index >= 15 is 0 Å². The third kappa shape index (κ3) is 7.33. The van der Waals surface area contributed by atoms with Gasteiger partial charge >= 0.3 is 12.1 Å². The van der Waals surface area contributed by atoms with Gasteiger partial charge in [-0.25, -0.2) is 19.0 Å². The summed E-state index contributed by atoms with van der Waals surface area (Å²) in [6.07, 6.45) is 0.476. The number of rotatable bonds is 8. The Balaban J connectivity index is 2.10. The van der Waals surface area contributed by atoms with Gasteiger partial charge in [-0.3, -0.25) is 15.1 Å². The number of hydrogen-bond acceptors (Lipinski definition) is 8. The predicted octanol–water partition coefficient (Wildman–Crippen LogP) is 4.97. The number of anilines is 1. The SMILES string of the molecule is COC(=O)c1cccc(CC(C(=O)c2cc(F)ccn2)c2ccc(OC)cc2NC(=O)OC(C)(C)C)n1. The number of Topliss-reactive ketones (excluding diaryl/α,β-unsaturated/α-hetero) is 1. The van der Waals surface area contributed by atoms with E-state index in [1.807, 2.05) is 0 Å². The lowest BCUT2D eigenvalue weighted by atomic mass is 9.87. The van der Waals surface area contributed by atoms with Crippen LogP contribution in [0.3, 0.4) is 0 Å². The van der Waals surface area contributed by atoms with E-state index in [1.165, 1.54) is 26.5 Å². The molecule has 0 aliphatic heterocycles. The van der Waals surface area contributed by atoms with Gasteiger partial charge in [0.15, 0.2) is 5.78 Å². The topological polar surface area (TPSA) is 117 Å². The third-order valence-electron chi connectivity index (χ3n) is 5.18. The molecule has 9 nitrogen and oxygen atoms in total. The quantitative estimate of drug-likeness (QED) is 0.334. The maximum Gasteiger partial charge on any atom is 0.412 e. The van der Waals surface area contributed by atoms with Gasteiger partial charge in [0.2, 0.25) is 0 Å². The largest absolute Gasteiger partial charge is 0.497 e. The number of nitrogens with one attached hydrogen (secondary N) is 1. The highest BCUT2D eigenvalue weighted by molar-refractivity contribution is 6.01. The van der Waals surface area contributed by atoms with Crippen molar-refractivity contribution >= 4 is 23.5 Å². The first-order chi connectivity index (χ1) is 17.5. The van der Waals surface area contributed by atoms with Crippen LogP contribution in [0.2, 0.25) is 0 Å². The summed E-state index contributed by atoms with van der Waals surface area (Å²) in [6.45, 7) is 5.17. The summed E-state index contributed by atoms with van der Waals surface area (Å²) < 4.78 is 29.4. The first kappa shape index (κ1) is 27.3. The van der Waals surface area contributed by atoms with E-state index in [-0.39, 0.29) is 23.5 Å². The fourth-order valence-electron chi connectivity index (χ4n) is 3.57. The summed E-state index contributed by atoms with van der Waals surface area (Å²) >= 11 is 0. The molecule has 0 spiro atoms. The Labute approximate surface area is 214 Å². The first-order valence-corrected chi connectivity index (χ1v) is 11.4. The van der Waals surface area contributed by atoms with Crippen LogP contribution in [0.15, 0.2) is 54.7 Å². The fourth-order valence-corrected chi connectivity index (χ4v) is 3.57. The lowest BCUT2D eigenvalue weighted by Crippen LogP contribution is -2.28. The summed E-state index contributed by atoms with van der Waals surface area (Å²) in [5.41, 5.74) is 0.254. The number of benzene rings is 1. The van der Waals surface area contributed by atoms with E-state index in [1.54, 1.807) is 51.1 Å². The number of carbonyl (C=O) groups excluding carboxylic acids is 3. The van der Waals surface area contributed by atoms with Crippen molar-refractivity contribution in [3.63, 3.8) is 0 Å². The molecule has 0 bridgehead atoms. The van der Waals surface area contributed by atoms with Crippen LogP contribution in [0, 0.1) is 5.82 Å². The molecule has 1 unspecified atom stereocenters. The predicted molar refractivity (Wildman–Crippen MR) is 133 cm³/mol. The van der Waals surface area contributed by atoms with Crippen LogP contribution >= 0.6 is 0 Å². The molecule has 3 rings (SSSR count). The lowest BCUT2D eigenvalue weighted by Gasteiger charge is -2.23. The van der Waals surface area contributed by atoms with Crippen molar-refractivity contribution in [2.45, 2.75) is 38.7 Å². The Morgan fingerprint density at radius 3 is 2.43 bits per heavy atom. The van der Waals surface area contributed by atoms with Crippen LogP contribution in [0.25, 0.3) is 0 Å². The molecule has 1 atom stereocenters. The molecular weight excluding hydrogens is 481 g/mol. The van der Waals surface area contributed by atoms with Crippen LogP contribution in [0.5, 0.6) is 5.75 Å². The number of carbonyl (C=O) groups is 3. The maximum atomic E-state index is 14.0. The van der Waals surface area contributed by atoms with Crippen LogP contribution < -0.4 is 10.1 Å². The number of esters is 1. The van der Waals surface area contributed by atoms with Crippen LogP contribution in [0.1, 0.15) is 58.9 Å². The molecule has 2 heterocycles. The molecule has 0 aliphatic rings. The minimum absolute atomic E-state index is 0.0111. The molecule has 0 radical (unpaired) electrons. The minimum Gasteiger partial charge on any atom is -0.497 e. The lowest BCUT2D eigenvalue weighted by molar-refractivity contribution is 0.0591. The highest BCUT2D eigenvalue weighted by atomic mass is 19.1. The number of methoxy groups -OCH3 is 2. The van der Waals surface area contributed by atoms with Crippen molar-refractivity contribution in [3.8, 4) is 5.75 Å². The maximum absolute atomic E-state index is 14.0. The summed E-state index contributed by atoms with van der Waals surface area (Å²) in [5.74, 6) is -2.30. The van der Waals surface area contributed by atoms with Gasteiger partial charge in [-0.2, -0.15) is 0 Å². The van der Waals surface area contributed by atoms with Gasteiger partial charge in [0.25, 0.3) is 0 Å². The van der Waals surface area contributed by atoms with Gasteiger partial charge in [-0.05, 0) is 50.6 Å². The van der Waals surface area contributed by atoms with Gasteiger partial charge in [-0.15, -0.1) is 0 Å². The average molecular weight is 510 g/mol. The molecular formula is C27H28FN3O6. The smallest absolute Gasteiger partial charge is 0.412 e. The summed E-state index contributed by atoms with van der Waals surface area (Å²) in [7, 11) is 2.71. The second-order valence-electron chi connectivity index (χ2n) is 9.07. The van der Waals surface area contributed by atoms with Crippen LogP contribution in [-0.2, 0) is 15.9 Å². The normalized spacial score (nSPS) is 11.8. The number of ether oxygens (including phenoxy) is 3. The highest BCUT2D eigenvalue weighted by Crippen LogP contribution is 2.33. The molecule has 1 N–H and O–H groups in total. The summed E-state index contributed by atoms with van der Waals surface area (Å²) in [6, 6.07) is 11.7. The Bertz CT molecular complexity index is 1310. The first-order valence-electron chi connectivity index (χ1n) is 11.4. The average Bonchev–Trinajstić information content (AvgIpc) is 2.85. The van der Waals surface area contributed by atoms with Crippen LogP contribution in [0.4, 0.5) is 14.9 Å². The standard InChI is InChI=1S/C27H28FN3O6/c1-27(2,3)37-26(34)31-22-15-18(35-4)9-10-19(22)20(24(32)23-13-16(28)11-12-29-23)14-17-7-6-8-21(30-17)25(33)36-5/h6-13,15,20H,14H2,1-5H3,(H,31,34).